The molecule has 3 nitrogen and oxygen atoms in total. The number of hydrogen-bond donors (Lipinski definition) is 1. The van der Waals surface area contributed by atoms with E-state index in [4.69, 9.17) is 5.84 Å². The maximum absolute atomic E-state index is 5.91. The lowest BCUT2D eigenvalue weighted by Gasteiger charge is -2.29. The summed E-state index contributed by atoms with van der Waals surface area (Å²) in [5, 5.41) is 6.43. The Bertz CT molecular complexity index is 1130. The van der Waals surface area contributed by atoms with Gasteiger partial charge in [0.25, 0.3) is 0 Å². The molecule has 0 fully saturated rings. The second-order valence-corrected chi connectivity index (χ2v) is 6.47. The first-order chi connectivity index (χ1) is 13.8. The van der Waals surface area contributed by atoms with Crippen molar-refractivity contribution in [1.82, 2.24) is 0 Å². The van der Waals surface area contributed by atoms with Gasteiger partial charge in [0.2, 0.25) is 0 Å². The lowest BCUT2D eigenvalue weighted by molar-refractivity contribution is 1.20. The lowest BCUT2D eigenvalue weighted by Crippen LogP contribution is -2.31. The number of benzene rings is 4. The number of hydrogen-bond acceptors (Lipinski definition) is 2. The molecule has 0 atom stereocenters. The minimum absolute atomic E-state index is 0.644. The summed E-state index contributed by atoms with van der Waals surface area (Å²) in [5.41, 5.74) is 3.73. The number of rotatable bonds is 4. The van der Waals surface area contributed by atoms with E-state index in [1.807, 2.05) is 83.8 Å². The molecule has 0 amide bonds. The van der Waals surface area contributed by atoms with Crippen molar-refractivity contribution in [3.63, 3.8) is 0 Å². The molecule has 4 rings (SSSR count). The topological polar surface area (TPSA) is 41.6 Å². The van der Waals surface area contributed by atoms with E-state index in [0.29, 0.717) is 5.84 Å². The Hall–Kier alpha value is -3.85. The summed E-state index contributed by atoms with van der Waals surface area (Å²) < 4.78 is 0. The molecule has 0 saturated heterocycles. The van der Waals surface area contributed by atoms with Crippen molar-refractivity contribution >= 4 is 28.0 Å². The fourth-order valence-electron chi connectivity index (χ4n) is 3.40. The Labute approximate surface area is 165 Å². The molecule has 0 aromatic heterocycles. The van der Waals surface area contributed by atoms with E-state index in [2.05, 4.69) is 35.9 Å². The van der Waals surface area contributed by atoms with E-state index in [9.17, 15) is 0 Å². The fraction of sp³-hybridized carbons (Fsp3) is 0. The average Bonchev–Trinajstić information content (AvgIpc) is 2.78. The summed E-state index contributed by atoms with van der Waals surface area (Å²) in [6.45, 7) is 4.39. The van der Waals surface area contributed by atoms with Gasteiger partial charge in [-0.15, -0.1) is 0 Å². The molecule has 4 aromatic carbocycles. The van der Waals surface area contributed by atoms with E-state index in [0.717, 1.165) is 33.3 Å². The molecule has 0 bridgehead atoms. The predicted octanol–water partition coefficient (Wildman–Crippen LogP) is 5.64. The summed E-state index contributed by atoms with van der Waals surface area (Å²) in [6.07, 6.45) is 0. The highest BCUT2D eigenvalue weighted by Gasteiger charge is 2.21. The van der Waals surface area contributed by atoms with Crippen LogP contribution in [0.15, 0.2) is 115 Å². The third-order valence-corrected chi connectivity index (χ3v) is 4.75. The van der Waals surface area contributed by atoms with Gasteiger partial charge in [-0.3, -0.25) is 4.90 Å². The number of nitrogens with two attached hydrogens (primary N) is 1. The maximum Gasteiger partial charge on any atom is 0.164 e. The van der Waals surface area contributed by atoms with Gasteiger partial charge >= 0.3 is 0 Å². The molecule has 0 unspecified atom stereocenters. The summed E-state index contributed by atoms with van der Waals surface area (Å²) in [6, 6.07) is 34.5. The van der Waals surface area contributed by atoms with Crippen LogP contribution in [0.25, 0.3) is 16.5 Å². The third kappa shape index (κ3) is 3.26. The van der Waals surface area contributed by atoms with Crippen molar-refractivity contribution in [1.29, 1.82) is 0 Å². The van der Waals surface area contributed by atoms with Gasteiger partial charge in [0.15, 0.2) is 5.84 Å². The van der Waals surface area contributed by atoms with Crippen LogP contribution >= 0.6 is 0 Å². The number of anilines is 1. The summed E-state index contributed by atoms with van der Waals surface area (Å²) >= 11 is 0. The van der Waals surface area contributed by atoms with Crippen LogP contribution in [0.1, 0.15) is 11.1 Å². The molecular formula is C25H21N3. The zero-order valence-electron chi connectivity index (χ0n) is 15.5. The quantitative estimate of drug-likeness (QED) is 0.221. The van der Waals surface area contributed by atoms with Gasteiger partial charge in [-0.2, -0.15) is 5.10 Å². The Morgan fingerprint density at radius 3 is 1.93 bits per heavy atom. The summed E-state index contributed by atoms with van der Waals surface area (Å²) in [7, 11) is 0. The van der Waals surface area contributed by atoms with Gasteiger partial charge in [0.1, 0.15) is 0 Å². The Balaban J connectivity index is 1.95. The van der Waals surface area contributed by atoms with Crippen LogP contribution in [-0.4, -0.2) is 5.84 Å². The highest BCUT2D eigenvalue weighted by Crippen LogP contribution is 2.33. The van der Waals surface area contributed by atoms with Crippen LogP contribution in [0.5, 0.6) is 0 Å². The van der Waals surface area contributed by atoms with E-state index in [-0.39, 0.29) is 0 Å². The van der Waals surface area contributed by atoms with E-state index in [1.54, 1.807) is 0 Å². The lowest BCUT2D eigenvalue weighted by atomic mass is 10.0. The summed E-state index contributed by atoms with van der Waals surface area (Å²) in [5.74, 6) is 6.55. The van der Waals surface area contributed by atoms with Crippen LogP contribution < -0.4 is 10.7 Å². The Kier molecular flexibility index (Phi) is 4.89. The van der Waals surface area contributed by atoms with Gasteiger partial charge in [-0.05, 0) is 17.0 Å². The second-order valence-electron chi connectivity index (χ2n) is 6.47. The molecule has 3 heteroatoms. The zero-order chi connectivity index (χ0) is 19.3. The fourth-order valence-corrected chi connectivity index (χ4v) is 3.40. The highest BCUT2D eigenvalue weighted by molar-refractivity contribution is 6.20. The second kappa shape index (κ2) is 7.80. The van der Waals surface area contributed by atoms with Crippen molar-refractivity contribution in [2.45, 2.75) is 0 Å². The van der Waals surface area contributed by atoms with Crippen LogP contribution in [0.2, 0.25) is 0 Å². The first kappa shape index (κ1) is 17.6. The minimum Gasteiger partial charge on any atom is -0.321 e. The molecule has 4 aromatic rings. The molecule has 28 heavy (non-hydrogen) atoms. The van der Waals surface area contributed by atoms with Crippen molar-refractivity contribution in [2.24, 2.45) is 10.9 Å². The van der Waals surface area contributed by atoms with Crippen LogP contribution in [0.3, 0.4) is 0 Å². The van der Waals surface area contributed by atoms with Gasteiger partial charge in [0, 0.05) is 16.6 Å². The zero-order valence-corrected chi connectivity index (χ0v) is 15.5. The number of fused-ring (bicyclic) bond motifs is 1. The molecule has 0 radical (unpaired) electrons. The van der Waals surface area contributed by atoms with Crippen molar-refractivity contribution < 1.29 is 0 Å². The average molecular weight is 363 g/mol. The Morgan fingerprint density at radius 2 is 1.25 bits per heavy atom. The maximum atomic E-state index is 5.91. The SMILES string of the molecule is C=C(c1ccccc1)N(/C(=N\N)c1ccccc1)c1cccc2ccccc12. The van der Waals surface area contributed by atoms with Crippen molar-refractivity contribution in [2.75, 3.05) is 4.90 Å². The van der Waals surface area contributed by atoms with Crippen LogP contribution in [0.4, 0.5) is 5.69 Å². The predicted molar refractivity (Wildman–Crippen MR) is 119 cm³/mol. The number of hydrazone groups is 1. The Morgan fingerprint density at radius 1 is 0.679 bits per heavy atom. The standard InChI is InChI=1S/C25H21N3/c1-19(20-11-4-2-5-12-20)28(25(27-26)22-14-6-3-7-15-22)24-18-10-16-21-13-8-9-17-23(21)24/h2-18H,1,26H2/b27-25-. The molecular weight excluding hydrogens is 342 g/mol. The van der Waals surface area contributed by atoms with Gasteiger partial charge in [0.05, 0.1) is 5.69 Å². The number of amidine groups is 1. The first-order valence-electron chi connectivity index (χ1n) is 9.15. The molecule has 2 N–H and O–H groups in total. The molecule has 0 heterocycles. The molecule has 0 aliphatic carbocycles. The molecule has 0 aliphatic rings. The normalized spacial score (nSPS) is 11.4. The number of nitrogens with zero attached hydrogens (tertiary/aromatic N) is 2. The molecule has 0 aliphatic heterocycles. The van der Waals surface area contributed by atoms with E-state index < -0.39 is 0 Å². The van der Waals surface area contributed by atoms with Crippen LogP contribution in [0, 0.1) is 0 Å². The first-order valence-corrected chi connectivity index (χ1v) is 9.15. The summed E-state index contributed by atoms with van der Waals surface area (Å²) in [4.78, 5) is 2.03. The van der Waals surface area contributed by atoms with Crippen LogP contribution in [-0.2, 0) is 0 Å². The highest BCUT2D eigenvalue weighted by atomic mass is 15.3. The molecule has 0 spiro atoms. The molecule has 0 saturated carbocycles. The van der Waals surface area contributed by atoms with Gasteiger partial charge < -0.3 is 5.84 Å². The van der Waals surface area contributed by atoms with E-state index in [1.165, 1.54) is 0 Å². The third-order valence-electron chi connectivity index (χ3n) is 4.75. The monoisotopic (exact) mass is 363 g/mol. The molecule has 136 valence electrons. The largest absolute Gasteiger partial charge is 0.321 e. The minimum atomic E-state index is 0.644. The van der Waals surface area contributed by atoms with Gasteiger partial charge in [-0.25, -0.2) is 0 Å². The van der Waals surface area contributed by atoms with Crippen molar-refractivity contribution in [3.8, 4) is 0 Å². The van der Waals surface area contributed by atoms with E-state index >= 15 is 0 Å². The van der Waals surface area contributed by atoms with Gasteiger partial charge in [-0.1, -0.05) is 104 Å². The smallest absolute Gasteiger partial charge is 0.164 e. The van der Waals surface area contributed by atoms with Crippen molar-refractivity contribution in [3.05, 3.63) is 121 Å².